The Morgan fingerprint density at radius 3 is 2.43 bits per heavy atom. The van der Waals surface area contributed by atoms with Crippen LogP contribution in [0, 0.1) is 0 Å². The second-order valence-electron chi connectivity index (χ2n) is 5.88. The van der Waals surface area contributed by atoms with Crippen molar-refractivity contribution in [2.75, 3.05) is 25.6 Å². The van der Waals surface area contributed by atoms with Crippen LogP contribution in [0.1, 0.15) is 36.2 Å². The van der Waals surface area contributed by atoms with Gasteiger partial charge in [-0.05, 0) is 61.4 Å². The highest BCUT2D eigenvalue weighted by Gasteiger charge is 2.07. The van der Waals surface area contributed by atoms with Crippen molar-refractivity contribution in [2.45, 2.75) is 20.3 Å². The van der Waals surface area contributed by atoms with Gasteiger partial charge >= 0.3 is 5.97 Å². The van der Waals surface area contributed by atoms with E-state index in [0.717, 1.165) is 12.0 Å². The first kappa shape index (κ1) is 21.0. The fourth-order valence-corrected chi connectivity index (χ4v) is 2.38. The summed E-state index contributed by atoms with van der Waals surface area (Å²) in [6.45, 7) is 4.72. The Hall–Kier alpha value is -3.28. The number of benzene rings is 2. The zero-order chi connectivity index (χ0) is 20.4. The molecule has 2 aromatic rings. The molecule has 28 heavy (non-hydrogen) atoms. The molecule has 0 spiro atoms. The van der Waals surface area contributed by atoms with Crippen LogP contribution in [0.15, 0.2) is 48.5 Å². The van der Waals surface area contributed by atoms with Crippen molar-refractivity contribution >= 4 is 23.6 Å². The highest BCUT2D eigenvalue weighted by Crippen LogP contribution is 2.28. The van der Waals surface area contributed by atoms with Crippen molar-refractivity contribution in [2.24, 2.45) is 0 Å². The van der Waals surface area contributed by atoms with Gasteiger partial charge in [0, 0.05) is 11.8 Å². The van der Waals surface area contributed by atoms with E-state index in [1.54, 1.807) is 44.4 Å². The largest absolute Gasteiger partial charge is 0.493 e. The molecular formula is C22H25NO5. The van der Waals surface area contributed by atoms with E-state index >= 15 is 0 Å². The number of nitrogens with one attached hydrogen (secondary N) is 1. The first-order valence-electron chi connectivity index (χ1n) is 9.14. The number of anilines is 1. The minimum Gasteiger partial charge on any atom is -0.493 e. The number of hydrogen-bond donors (Lipinski definition) is 1. The summed E-state index contributed by atoms with van der Waals surface area (Å²) in [7, 11) is 1.58. The Balaban J connectivity index is 1.98. The van der Waals surface area contributed by atoms with E-state index in [-0.39, 0.29) is 11.9 Å². The molecule has 0 fully saturated rings. The second kappa shape index (κ2) is 10.8. The summed E-state index contributed by atoms with van der Waals surface area (Å²) in [5.41, 5.74) is 1.84. The van der Waals surface area contributed by atoms with Crippen LogP contribution in [-0.2, 0) is 9.53 Å². The van der Waals surface area contributed by atoms with Gasteiger partial charge < -0.3 is 19.5 Å². The Bertz CT molecular complexity index is 827. The van der Waals surface area contributed by atoms with Crippen LogP contribution < -0.4 is 14.8 Å². The molecule has 1 amide bonds. The molecule has 0 aromatic heterocycles. The van der Waals surface area contributed by atoms with E-state index in [9.17, 15) is 9.59 Å². The van der Waals surface area contributed by atoms with E-state index < -0.39 is 0 Å². The molecule has 148 valence electrons. The lowest BCUT2D eigenvalue weighted by molar-refractivity contribution is -0.111. The van der Waals surface area contributed by atoms with Crippen molar-refractivity contribution in [3.63, 3.8) is 0 Å². The van der Waals surface area contributed by atoms with Crippen molar-refractivity contribution in [1.82, 2.24) is 0 Å². The average Bonchev–Trinajstić information content (AvgIpc) is 2.71. The van der Waals surface area contributed by atoms with Crippen molar-refractivity contribution < 1.29 is 23.8 Å². The fraction of sp³-hybridized carbons (Fsp3) is 0.273. The van der Waals surface area contributed by atoms with Crippen LogP contribution in [0.4, 0.5) is 5.69 Å². The maximum absolute atomic E-state index is 12.1. The van der Waals surface area contributed by atoms with E-state index in [1.807, 2.05) is 25.1 Å². The standard InChI is InChI=1S/C22H25NO5/c1-4-14-28-19-12-6-16(15-20(19)26-3)7-13-21(24)23-18-10-8-17(9-11-18)22(25)27-5-2/h6-13,15H,4-5,14H2,1-3H3,(H,23,24). The Kier molecular flexibility index (Phi) is 8.09. The van der Waals surface area contributed by atoms with E-state index in [4.69, 9.17) is 14.2 Å². The van der Waals surface area contributed by atoms with Crippen LogP contribution >= 0.6 is 0 Å². The van der Waals surface area contributed by atoms with Crippen molar-refractivity contribution in [3.8, 4) is 11.5 Å². The molecule has 0 aliphatic rings. The van der Waals surface area contributed by atoms with Crippen LogP contribution in [0.5, 0.6) is 11.5 Å². The molecule has 0 aliphatic heterocycles. The molecule has 0 aliphatic carbocycles. The van der Waals surface area contributed by atoms with Crippen LogP contribution in [-0.4, -0.2) is 32.2 Å². The topological polar surface area (TPSA) is 73.9 Å². The maximum Gasteiger partial charge on any atom is 0.338 e. The van der Waals surface area contributed by atoms with E-state index in [0.29, 0.717) is 36.0 Å². The number of amides is 1. The lowest BCUT2D eigenvalue weighted by atomic mass is 10.2. The fourth-order valence-electron chi connectivity index (χ4n) is 2.38. The summed E-state index contributed by atoms with van der Waals surface area (Å²) < 4.78 is 15.9. The Morgan fingerprint density at radius 1 is 1.04 bits per heavy atom. The van der Waals surface area contributed by atoms with Gasteiger partial charge in [0.2, 0.25) is 5.91 Å². The summed E-state index contributed by atoms with van der Waals surface area (Å²) in [5.74, 6) is 0.618. The molecule has 2 rings (SSSR count). The van der Waals surface area contributed by atoms with Gasteiger partial charge in [-0.15, -0.1) is 0 Å². The monoisotopic (exact) mass is 383 g/mol. The zero-order valence-corrected chi connectivity index (χ0v) is 16.4. The summed E-state index contributed by atoms with van der Waals surface area (Å²) in [4.78, 5) is 23.8. The summed E-state index contributed by atoms with van der Waals surface area (Å²) >= 11 is 0. The van der Waals surface area contributed by atoms with Gasteiger partial charge in [-0.1, -0.05) is 13.0 Å². The summed E-state index contributed by atoms with van der Waals surface area (Å²) in [5, 5.41) is 2.74. The average molecular weight is 383 g/mol. The predicted molar refractivity (Wildman–Crippen MR) is 109 cm³/mol. The predicted octanol–water partition coefficient (Wildman–Crippen LogP) is 4.31. The highest BCUT2D eigenvalue weighted by molar-refractivity contribution is 6.02. The number of ether oxygens (including phenoxy) is 3. The number of carbonyl (C=O) groups excluding carboxylic acids is 2. The molecule has 0 heterocycles. The first-order chi connectivity index (χ1) is 13.6. The van der Waals surface area contributed by atoms with Crippen LogP contribution in [0.25, 0.3) is 6.08 Å². The number of esters is 1. The highest BCUT2D eigenvalue weighted by atomic mass is 16.5. The van der Waals surface area contributed by atoms with Gasteiger partial charge in [-0.2, -0.15) is 0 Å². The minimum atomic E-state index is -0.388. The van der Waals surface area contributed by atoms with Gasteiger partial charge in [0.25, 0.3) is 0 Å². The Morgan fingerprint density at radius 2 is 1.79 bits per heavy atom. The molecule has 0 atom stereocenters. The quantitative estimate of drug-likeness (QED) is 0.516. The van der Waals surface area contributed by atoms with Gasteiger partial charge in [-0.3, -0.25) is 4.79 Å². The second-order valence-corrected chi connectivity index (χ2v) is 5.88. The number of methoxy groups -OCH3 is 1. The van der Waals surface area contributed by atoms with Crippen molar-refractivity contribution in [1.29, 1.82) is 0 Å². The third kappa shape index (κ3) is 6.16. The molecule has 0 saturated carbocycles. The van der Waals surface area contributed by atoms with E-state index in [2.05, 4.69) is 5.32 Å². The molecule has 0 bridgehead atoms. The molecule has 0 unspecified atom stereocenters. The molecule has 6 heteroatoms. The van der Waals surface area contributed by atoms with Gasteiger partial charge in [0.05, 0.1) is 25.9 Å². The lowest BCUT2D eigenvalue weighted by Crippen LogP contribution is -2.08. The third-order valence-corrected chi connectivity index (χ3v) is 3.74. The normalized spacial score (nSPS) is 10.5. The molecule has 1 N–H and O–H groups in total. The molecule has 0 radical (unpaired) electrons. The Labute approximate surface area is 165 Å². The van der Waals surface area contributed by atoms with Gasteiger partial charge in [0.15, 0.2) is 11.5 Å². The number of carbonyl (C=O) groups is 2. The SMILES string of the molecule is CCCOc1ccc(C=CC(=O)Nc2ccc(C(=O)OCC)cc2)cc1OC. The summed E-state index contributed by atoms with van der Waals surface area (Å²) in [6, 6.07) is 12.0. The first-order valence-corrected chi connectivity index (χ1v) is 9.14. The summed E-state index contributed by atoms with van der Waals surface area (Å²) in [6.07, 6.45) is 4.03. The molecular weight excluding hydrogens is 358 g/mol. The third-order valence-electron chi connectivity index (χ3n) is 3.74. The molecule has 0 saturated heterocycles. The molecule has 6 nitrogen and oxygen atoms in total. The van der Waals surface area contributed by atoms with Gasteiger partial charge in [-0.25, -0.2) is 4.79 Å². The smallest absolute Gasteiger partial charge is 0.338 e. The minimum absolute atomic E-state index is 0.283. The lowest BCUT2D eigenvalue weighted by Gasteiger charge is -2.10. The maximum atomic E-state index is 12.1. The van der Waals surface area contributed by atoms with E-state index in [1.165, 1.54) is 6.08 Å². The van der Waals surface area contributed by atoms with Gasteiger partial charge in [0.1, 0.15) is 0 Å². The molecule has 2 aromatic carbocycles. The van der Waals surface area contributed by atoms with Crippen LogP contribution in [0.2, 0.25) is 0 Å². The van der Waals surface area contributed by atoms with Crippen molar-refractivity contribution in [3.05, 3.63) is 59.7 Å². The number of hydrogen-bond acceptors (Lipinski definition) is 5. The zero-order valence-electron chi connectivity index (χ0n) is 16.4. The van der Waals surface area contributed by atoms with Crippen LogP contribution in [0.3, 0.4) is 0 Å². The number of rotatable bonds is 9.